The fourth-order valence-electron chi connectivity index (χ4n) is 3.61. The number of hydrogen-bond acceptors (Lipinski definition) is 5. The third kappa shape index (κ3) is 2.20. The first-order valence-electron chi connectivity index (χ1n) is 8.55. The number of aliphatic imine (C=N–C) groups is 1. The number of phenolic OH excluding ortho intramolecular Hbond substituents is 2. The van der Waals surface area contributed by atoms with E-state index in [1.807, 2.05) is 30.3 Å². The van der Waals surface area contributed by atoms with Crippen LogP contribution in [0.5, 0.6) is 11.5 Å². The van der Waals surface area contributed by atoms with Crippen molar-refractivity contribution in [3.05, 3.63) is 77.6 Å². The fraction of sp³-hybridized carbons (Fsp3) is 0. The second-order valence-electron chi connectivity index (χ2n) is 6.50. The number of carbonyl (C=O) groups is 1. The molecule has 1 aliphatic rings. The second kappa shape index (κ2) is 5.68. The van der Waals surface area contributed by atoms with Gasteiger partial charge in [-0.2, -0.15) is 5.10 Å². The standard InChI is InChI=1S/C21H14N4O3/c22-21(28)15-10-23-25-8-7-13-19(14-9-11(26)5-6-17(14)27)24-16-4-2-1-3-12(16)18(15)20(13)25/h1-10,26-27H,(H2,22,28). The van der Waals surface area contributed by atoms with Crippen molar-refractivity contribution < 1.29 is 15.0 Å². The molecule has 0 saturated carbocycles. The Kier molecular flexibility index (Phi) is 3.26. The minimum absolute atomic E-state index is 0.00715. The molecule has 0 aliphatic carbocycles. The van der Waals surface area contributed by atoms with Gasteiger partial charge in [0, 0.05) is 28.5 Å². The number of amides is 1. The van der Waals surface area contributed by atoms with Crippen molar-refractivity contribution in [1.29, 1.82) is 0 Å². The van der Waals surface area contributed by atoms with Crippen molar-refractivity contribution in [2.24, 2.45) is 10.7 Å². The van der Waals surface area contributed by atoms with Gasteiger partial charge in [0.25, 0.3) is 5.91 Å². The first kappa shape index (κ1) is 16.1. The predicted molar refractivity (Wildman–Crippen MR) is 104 cm³/mol. The Morgan fingerprint density at radius 1 is 1.00 bits per heavy atom. The predicted octanol–water partition coefficient (Wildman–Crippen LogP) is 2.99. The van der Waals surface area contributed by atoms with Gasteiger partial charge in [-0.05, 0) is 30.3 Å². The van der Waals surface area contributed by atoms with E-state index in [2.05, 4.69) is 5.10 Å². The molecule has 0 fully saturated rings. The summed E-state index contributed by atoms with van der Waals surface area (Å²) in [6.07, 6.45) is 3.20. The largest absolute Gasteiger partial charge is 0.508 e. The molecule has 2 aromatic heterocycles. The average Bonchev–Trinajstić information content (AvgIpc) is 3.05. The number of aromatic hydroxyl groups is 2. The summed E-state index contributed by atoms with van der Waals surface area (Å²) in [6.45, 7) is 0. The molecule has 0 saturated heterocycles. The third-order valence-corrected chi connectivity index (χ3v) is 4.85. The Labute approximate surface area is 159 Å². The number of hydrogen-bond donors (Lipinski definition) is 3. The van der Waals surface area contributed by atoms with Gasteiger partial charge in [-0.25, -0.2) is 9.51 Å². The van der Waals surface area contributed by atoms with Crippen LogP contribution in [0.3, 0.4) is 0 Å². The fourth-order valence-corrected chi connectivity index (χ4v) is 3.61. The summed E-state index contributed by atoms with van der Waals surface area (Å²) >= 11 is 0. The number of primary amides is 1. The van der Waals surface area contributed by atoms with Crippen LogP contribution in [0.4, 0.5) is 5.69 Å². The molecule has 1 aliphatic heterocycles. The van der Waals surface area contributed by atoms with E-state index < -0.39 is 5.91 Å². The van der Waals surface area contributed by atoms with E-state index in [0.29, 0.717) is 33.6 Å². The smallest absolute Gasteiger partial charge is 0.251 e. The van der Waals surface area contributed by atoms with Gasteiger partial charge >= 0.3 is 0 Å². The minimum atomic E-state index is -0.587. The number of benzene rings is 2. The Morgan fingerprint density at radius 3 is 2.64 bits per heavy atom. The first-order chi connectivity index (χ1) is 13.5. The SMILES string of the molecule is NC(=O)c1cnn2ccc3c2c1-c1ccccc1N=C3c1cc(O)ccc1O. The summed E-state index contributed by atoms with van der Waals surface area (Å²) in [5, 5.41) is 24.7. The van der Waals surface area contributed by atoms with Crippen LogP contribution in [0.15, 0.2) is 65.9 Å². The highest BCUT2D eigenvalue weighted by Crippen LogP contribution is 2.41. The number of rotatable bonds is 2. The van der Waals surface area contributed by atoms with Crippen LogP contribution in [-0.2, 0) is 0 Å². The molecule has 1 amide bonds. The summed E-state index contributed by atoms with van der Waals surface area (Å²) in [4.78, 5) is 16.9. The van der Waals surface area contributed by atoms with Gasteiger partial charge < -0.3 is 15.9 Å². The van der Waals surface area contributed by atoms with Crippen molar-refractivity contribution >= 4 is 22.8 Å². The van der Waals surface area contributed by atoms with Crippen LogP contribution in [0, 0.1) is 0 Å². The summed E-state index contributed by atoms with van der Waals surface area (Å²) in [5.41, 5.74) is 10.1. The molecule has 4 N–H and O–H groups in total. The zero-order valence-corrected chi connectivity index (χ0v) is 14.5. The van der Waals surface area contributed by atoms with Gasteiger partial charge in [-0.15, -0.1) is 0 Å². The normalized spacial score (nSPS) is 12.4. The number of phenols is 2. The van der Waals surface area contributed by atoms with E-state index in [-0.39, 0.29) is 17.1 Å². The highest BCUT2D eigenvalue weighted by Gasteiger charge is 2.26. The maximum absolute atomic E-state index is 12.1. The van der Waals surface area contributed by atoms with Crippen molar-refractivity contribution in [2.75, 3.05) is 0 Å². The van der Waals surface area contributed by atoms with Crippen LogP contribution >= 0.6 is 0 Å². The van der Waals surface area contributed by atoms with Crippen LogP contribution in [0.1, 0.15) is 21.5 Å². The minimum Gasteiger partial charge on any atom is -0.508 e. The van der Waals surface area contributed by atoms with Crippen LogP contribution in [0.25, 0.3) is 16.6 Å². The molecule has 0 unspecified atom stereocenters. The average molecular weight is 370 g/mol. The molecular weight excluding hydrogens is 356 g/mol. The van der Waals surface area contributed by atoms with Crippen molar-refractivity contribution in [3.63, 3.8) is 0 Å². The van der Waals surface area contributed by atoms with Crippen molar-refractivity contribution in [3.8, 4) is 22.6 Å². The molecule has 7 heteroatoms. The lowest BCUT2D eigenvalue weighted by Crippen LogP contribution is -2.14. The van der Waals surface area contributed by atoms with E-state index in [9.17, 15) is 15.0 Å². The zero-order valence-electron chi connectivity index (χ0n) is 14.5. The topological polar surface area (TPSA) is 113 Å². The number of nitrogens with zero attached hydrogens (tertiary/aromatic N) is 3. The molecule has 2 aromatic carbocycles. The number of aromatic nitrogens is 2. The molecule has 0 radical (unpaired) electrons. The third-order valence-electron chi connectivity index (χ3n) is 4.85. The quantitative estimate of drug-likeness (QED) is 0.415. The van der Waals surface area contributed by atoms with E-state index in [0.717, 1.165) is 5.56 Å². The van der Waals surface area contributed by atoms with Gasteiger partial charge in [0.2, 0.25) is 0 Å². The Hall–Kier alpha value is -4.13. The van der Waals surface area contributed by atoms with Gasteiger partial charge in [0.15, 0.2) is 0 Å². The lowest BCUT2D eigenvalue weighted by molar-refractivity contribution is 0.100. The van der Waals surface area contributed by atoms with Gasteiger partial charge in [-0.3, -0.25) is 4.79 Å². The monoisotopic (exact) mass is 370 g/mol. The molecule has 0 spiro atoms. The second-order valence-corrected chi connectivity index (χ2v) is 6.50. The van der Waals surface area contributed by atoms with Gasteiger partial charge in [0.1, 0.15) is 11.5 Å². The maximum Gasteiger partial charge on any atom is 0.251 e. The lowest BCUT2D eigenvalue weighted by atomic mass is 9.96. The van der Waals surface area contributed by atoms with Gasteiger partial charge in [-0.1, -0.05) is 18.2 Å². The first-order valence-corrected chi connectivity index (χ1v) is 8.55. The summed E-state index contributed by atoms with van der Waals surface area (Å²) in [6, 6.07) is 13.5. The van der Waals surface area contributed by atoms with E-state index in [4.69, 9.17) is 10.7 Å². The summed E-state index contributed by atoms with van der Waals surface area (Å²) in [5.74, 6) is -0.598. The number of nitrogens with two attached hydrogens (primary N) is 1. The molecule has 3 heterocycles. The van der Waals surface area contributed by atoms with Crippen molar-refractivity contribution in [2.45, 2.75) is 0 Å². The summed E-state index contributed by atoms with van der Waals surface area (Å²) in [7, 11) is 0. The Morgan fingerprint density at radius 2 is 1.82 bits per heavy atom. The van der Waals surface area contributed by atoms with Gasteiger partial charge in [0.05, 0.1) is 28.7 Å². The zero-order chi connectivity index (χ0) is 19.4. The highest BCUT2D eigenvalue weighted by atomic mass is 16.3. The number of carbonyl (C=O) groups excluding carboxylic acids is 1. The van der Waals surface area contributed by atoms with Crippen LogP contribution < -0.4 is 5.73 Å². The molecule has 28 heavy (non-hydrogen) atoms. The summed E-state index contributed by atoms with van der Waals surface area (Å²) < 4.78 is 1.65. The molecule has 4 aromatic rings. The molecule has 0 atom stereocenters. The number of para-hydroxylation sites is 1. The molecule has 5 rings (SSSR count). The van der Waals surface area contributed by atoms with E-state index >= 15 is 0 Å². The Balaban J connectivity index is 1.97. The highest BCUT2D eigenvalue weighted by molar-refractivity contribution is 6.23. The van der Waals surface area contributed by atoms with Crippen LogP contribution in [0.2, 0.25) is 0 Å². The lowest BCUT2D eigenvalue weighted by Gasteiger charge is -2.10. The van der Waals surface area contributed by atoms with E-state index in [1.54, 1.807) is 10.7 Å². The Bertz CT molecular complexity index is 1320. The molecule has 7 nitrogen and oxygen atoms in total. The number of fused-ring (bicyclic) bond motifs is 2. The molecule has 136 valence electrons. The maximum atomic E-state index is 12.1. The molecule has 0 bridgehead atoms. The van der Waals surface area contributed by atoms with E-state index in [1.165, 1.54) is 24.4 Å². The molecular formula is C21H14N4O3. The van der Waals surface area contributed by atoms with Crippen LogP contribution in [-0.4, -0.2) is 31.4 Å². The van der Waals surface area contributed by atoms with Crippen molar-refractivity contribution in [1.82, 2.24) is 9.61 Å².